The van der Waals surface area contributed by atoms with E-state index < -0.39 is 10.2 Å². The molecule has 2 aliphatic rings. The monoisotopic (exact) mass is 277 g/mol. The van der Waals surface area contributed by atoms with Crippen LogP contribution in [-0.4, -0.2) is 69.0 Å². The lowest BCUT2D eigenvalue weighted by molar-refractivity contribution is 0.0280. The SMILES string of the molecule is CCOC1CCN(S(=O)(=O)N2CCNCC2)CC1. The van der Waals surface area contributed by atoms with Crippen molar-refractivity contribution in [3.05, 3.63) is 0 Å². The van der Waals surface area contributed by atoms with Crippen LogP contribution in [0, 0.1) is 0 Å². The molecule has 1 N–H and O–H groups in total. The van der Waals surface area contributed by atoms with E-state index in [0.717, 1.165) is 25.9 Å². The molecule has 0 spiro atoms. The lowest BCUT2D eigenvalue weighted by Gasteiger charge is -2.36. The molecule has 2 rings (SSSR count). The van der Waals surface area contributed by atoms with Crippen molar-refractivity contribution < 1.29 is 13.2 Å². The van der Waals surface area contributed by atoms with Gasteiger partial charge in [0.25, 0.3) is 10.2 Å². The topological polar surface area (TPSA) is 61.9 Å². The molecule has 106 valence electrons. The van der Waals surface area contributed by atoms with Gasteiger partial charge < -0.3 is 10.1 Å². The summed E-state index contributed by atoms with van der Waals surface area (Å²) < 4.78 is 33.5. The summed E-state index contributed by atoms with van der Waals surface area (Å²) in [5.41, 5.74) is 0. The summed E-state index contributed by atoms with van der Waals surface area (Å²) >= 11 is 0. The van der Waals surface area contributed by atoms with Crippen LogP contribution in [0.5, 0.6) is 0 Å². The molecule has 0 unspecified atom stereocenters. The fourth-order valence-corrected chi connectivity index (χ4v) is 4.15. The molecule has 2 fully saturated rings. The summed E-state index contributed by atoms with van der Waals surface area (Å²) in [7, 11) is -3.25. The number of ether oxygens (including phenoxy) is 1. The highest BCUT2D eigenvalue weighted by atomic mass is 32.2. The summed E-state index contributed by atoms with van der Waals surface area (Å²) in [4.78, 5) is 0. The molecule has 2 heterocycles. The second kappa shape index (κ2) is 6.29. The van der Waals surface area contributed by atoms with Gasteiger partial charge in [-0.05, 0) is 19.8 Å². The highest BCUT2D eigenvalue weighted by Gasteiger charge is 2.33. The van der Waals surface area contributed by atoms with Gasteiger partial charge in [-0.25, -0.2) is 0 Å². The first-order valence-electron chi connectivity index (χ1n) is 6.72. The van der Waals surface area contributed by atoms with Crippen molar-refractivity contribution in [3.8, 4) is 0 Å². The molecule has 0 amide bonds. The summed E-state index contributed by atoms with van der Waals surface area (Å²) in [6.07, 6.45) is 1.84. The van der Waals surface area contributed by atoms with Crippen molar-refractivity contribution >= 4 is 10.2 Å². The minimum Gasteiger partial charge on any atom is -0.378 e. The minimum absolute atomic E-state index is 0.226. The standard InChI is InChI=1S/C11H23N3O3S/c1-2-17-11-3-7-13(8-4-11)18(15,16)14-9-5-12-6-10-14/h11-12H,2-10H2,1H3. The third-order valence-electron chi connectivity index (χ3n) is 3.53. The van der Waals surface area contributed by atoms with Gasteiger partial charge in [0.05, 0.1) is 6.10 Å². The van der Waals surface area contributed by atoms with Gasteiger partial charge >= 0.3 is 0 Å². The number of piperidine rings is 1. The number of nitrogens with one attached hydrogen (secondary N) is 1. The Morgan fingerprint density at radius 3 is 2.22 bits per heavy atom. The van der Waals surface area contributed by atoms with Crippen LogP contribution in [0.15, 0.2) is 0 Å². The average Bonchev–Trinajstić information content (AvgIpc) is 2.41. The fourth-order valence-electron chi connectivity index (χ4n) is 2.50. The van der Waals surface area contributed by atoms with Crippen LogP contribution in [-0.2, 0) is 14.9 Å². The normalized spacial score (nSPS) is 25.4. The lowest BCUT2D eigenvalue weighted by Crippen LogP contribution is -2.53. The van der Waals surface area contributed by atoms with E-state index in [1.807, 2.05) is 6.92 Å². The minimum atomic E-state index is -3.25. The second-order valence-electron chi connectivity index (χ2n) is 4.71. The first-order valence-corrected chi connectivity index (χ1v) is 8.12. The molecule has 18 heavy (non-hydrogen) atoms. The van der Waals surface area contributed by atoms with Crippen molar-refractivity contribution in [2.45, 2.75) is 25.9 Å². The number of hydrogen-bond acceptors (Lipinski definition) is 4. The molecule has 0 saturated carbocycles. The van der Waals surface area contributed by atoms with Gasteiger partial charge in [-0.1, -0.05) is 0 Å². The van der Waals surface area contributed by atoms with Crippen molar-refractivity contribution in [1.29, 1.82) is 0 Å². The van der Waals surface area contributed by atoms with E-state index in [4.69, 9.17) is 4.74 Å². The lowest BCUT2D eigenvalue weighted by atomic mass is 10.1. The maximum Gasteiger partial charge on any atom is 0.282 e. The van der Waals surface area contributed by atoms with Crippen LogP contribution in [0.2, 0.25) is 0 Å². The van der Waals surface area contributed by atoms with Crippen molar-refractivity contribution in [3.63, 3.8) is 0 Å². The Labute approximate surface area is 109 Å². The molecular weight excluding hydrogens is 254 g/mol. The zero-order chi connectivity index (χ0) is 13.0. The Kier molecular flexibility index (Phi) is 4.97. The largest absolute Gasteiger partial charge is 0.378 e. The summed E-state index contributed by atoms with van der Waals surface area (Å²) in [5, 5.41) is 3.17. The van der Waals surface area contributed by atoms with Crippen molar-refractivity contribution in [2.24, 2.45) is 0 Å². The Hall–Kier alpha value is -0.210. The summed E-state index contributed by atoms with van der Waals surface area (Å²) in [6.45, 7) is 6.48. The van der Waals surface area contributed by atoms with E-state index in [1.54, 1.807) is 8.61 Å². The van der Waals surface area contributed by atoms with Gasteiger partial charge in [0.2, 0.25) is 0 Å². The van der Waals surface area contributed by atoms with Crippen LogP contribution < -0.4 is 5.32 Å². The van der Waals surface area contributed by atoms with Gasteiger partial charge in [-0.15, -0.1) is 0 Å². The maximum absolute atomic E-state index is 12.4. The van der Waals surface area contributed by atoms with E-state index in [-0.39, 0.29) is 6.10 Å². The van der Waals surface area contributed by atoms with Crippen LogP contribution >= 0.6 is 0 Å². The molecule has 7 heteroatoms. The Balaban J connectivity index is 1.91. The van der Waals surface area contributed by atoms with Gasteiger partial charge in [0.1, 0.15) is 0 Å². The molecule has 6 nitrogen and oxygen atoms in total. The first-order chi connectivity index (χ1) is 8.64. The highest BCUT2D eigenvalue weighted by Crippen LogP contribution is 2.19. The molecular formula is C11H23N3O3S. The van der Waals surface area contributed by atoms with Crippen LogP contribution in [0.1, 0.15) is 19.8 Å². The number of rotatable bonds is 4. The fraction of sp³-hybridized carbons (Fsp3) is 1.00. The molecule has 0 aromatic rings. The summed E-state index contributed by atoms with van der Waals surface area (Å²) in [5.74, 6) is 0. The molecule has 0 atom stereocenters. The van der Waals surface area contributed by atoms with E-state index in [2.05, 4.69) is 5.32 Å². The predicted octanol–water partition coefficient (Wildman–Crippen LogP) is -0.363. The van der Waals surface area contributed by atoms with Gasteiger partial charge in [0, 0.05) is 45.9 Å². The Bertz CT molecular complexity index is 347. The van der Waals surface area contributed by atoms with E-state index in [0.29, 0.717) is 32.8 Å². The van der Waals surface area contributed by atoms with E-state index >= 15 is 0 Å². The number of nitrogens with zero attached hydrogens (tertiary/aromatic N) is 2. The van der Waals surface area contributed by atoms with Gasteiger partial charge in [-0.3, -0.25) is 0 Å². The second-order valence-corrected chi connectivity index (χ2v) is 6.64. The number of hydrogen-bond donors (Lipinski definition) is 1. The van der Waals surface area contributed by atoms with Gasteiger partial charge in [0.15, 0.2) is 0 Å². The zero-order valence-electron chi connectivity index (χ0n) is 11.0. The van der Waals surface area contributed by atoms with Gasteiger partial charge in [-0.2, -0.15) is 17.0 Å². The van der Waals surface area contributed by atoms with E-state index in [1.165, 1.54) is 0 Å². The van der Waals surface area contributed by atoms with Crippen LogP contribution in [0.4, 0.5) is 0 Å². The summed E-state index contributed by atoms with van der Waals surface area (Å²) in [6, 6.07) is 0. The number of piperazine rings is 1. The quantitative estimate of drug-likeness (QED) is 0.762. The Morgan fingerprint density at radius 1 is 1.11 bits per heavy atom. The van der Waals surface area contributed by atoms with Crippen LogP contribution in [0.3, 0.4) is 0 Å². The average molecular weight is 277 g/mol. The van der Waals surface area contributed by atoms with E-state index in [9.17, 15) is 8.42 Å². The molecule has 2 saturated heterocycles. The first kappa shape index (κ1) is 14.2. The molecule has 0 radical (unpaired) electrons. The molecule has 0 aliphatic carbocycles. The third kappa shape index (κ3) is 3.21. The maximum atomic E-state index is 12.4. The smallest absolute Gasteiger partial charge is 0.282 e. The Morgan fingerprint density at radius 2 is 1.67 bits per heavy atom. The van der Waals surface area contributed by atoms with Crippen molar-refractivity contribution in [2.75, 3.05) is 45.9 Å². The highest BCUT2D eigenvalue weighted by molar-refractivity contribution is 7.86. The zero-order valence-corrected chi connectivity index (χ0v) is 11.8. The molecule has 0 bridgehead atoms. The molecule has 2 aliphatic heterocycles. The predicted molar refractivity (Wildman–Crippen MR) is 69.6 cm³/mol. The van der Waals surface area contributed by atoms with Crippen LogP contribution in [0.25, 0.3) is 0 Å². The molecule has 0 aromatic heterocycles. The molecule has 0 aromatic carbocycles. The third-order valence-corrected chi connectivity index (χ3v) is 5.57. The van der Waals surface area contributed by atoms with Crippen molar-refractivity contribution in [1.82, 2.24) is 13.9 Å².